The van der Waals surface area contributed by atoms with Gasteiger partial charge in [0, 0.05) is 13.1 Å². The fraction of sp³-hybridized carbons (Fsp3) is 0.588. The highest BCUT2D eigenvalue weighted by molar-refractivity contribution is 5.80. The highest BCUT2D eigenvalue weighted by Crippen LogP contribution is 2.26. The molecule has 0 bridgehead atoms. The first-order chi connectivity index (χ1) is 9.12. The Labute approximate surface area is 122 Å². The van der Waals surface area contributed by atoms with E-state index in [0.717, 1.165) is 5.75 Å². The molecule has 0 spiro atoms. The summed E-state index contributed by atoms with van der Waals surface area (Å²) in [6.45, 7) is 12.3. The van der Waals surface area contributed by atoms with Gasteiger partial charge in [-0.1, -0.05) is 32.9 Å². The zero-order valence-corrected chi connectivity index (χ0v) is 13.7. The summed E-state index contributed by atoms with van der Waals surface area (Å²) < 4.78 is 5.79. The molecule has 1 aromatic rings. The minimum absolute atomic E-state index is 0.00108. The van der Waals surface area contributed by atoms with Gasteiger partial charge in [-0.25, -0.2) is 0 Å². The summed E-state index contributed by atoms with van der Waals surface area (Å²) in [5, 5.41) is 0. The standard InChI is InChI=1S/C17H27NO2/c1-12(2)18(7)16(19)13(3)20-15-10-8-9-14(11-15)17(4,5)6/h8-13H,1-7H3. The van der Waals surface area contributed by atoms with E-state index >= 15 is 0 Å². The van der Waals surface area contributed by atoms with E-state index in [4.69, 9.17) is 4.74 Å². The summed E-state index contributed by atoms with van der Waals surface area (Å²) in [5.41, 5.74) is 1.27. The van der Waals surface area contributed by atoms with Gasteiger partial charge in [-0.15, -0.1) is 0 Å². The highest BCUT2D eigenvalue weighted by atomic mass is 16.5. The molecular weight excluding hydrogens is 250 g/mol. The van der Waals surface area contributed by atoms with Gasteiger partial charge in [-0.3, -0.25) is 4.79 Å². The SMILES string of the molecule is CC(Oc1cccc(C(C)(C)C)c1)C(=O)N(C)C(C)C. The molecule has 1 unspecified atom stereocenters. The Morgan fingerprint density at radius 2 is 1.80 bits per heavy atom. The Hall–Kier alpha value is -1.51. The zero-order valence-electron chi connectivity index (χ0n) is 13.7. The van der Waals surface area contributed by atoms with Crippen molar-refractivity contribution in [1.82, 2.24) is 4.90 Å². The molecule has 0 aliphatic carbocycles. The number of amides is 1. The summed E-state index contributed by atoms with van der Waals surface area (Å²) in [6.07, 6.45) is -0.474. The van der Waals surface area contributed by atoms with Gasteiger partial charge in [-0.05, 0) is 43.9 Å². The van der Waals surface area contributed by atoms with Crippen LogP contribution in [0.4, 0.5) is 0 Å². The van der Waals surface area contributed by atoms with Gasteiger partial charge in [0.1, 0.15) is 5.75 Å². The average molecular weight is 277 g/mol. The minimum Gasteiger partial charge on any atom is -0.481 e. The Bertz CT molecular complexity index is 460. The molecule has 0 saturated carbocycles. The Kier molecular flexibility index (Phi) is 5.21. The summed E-state index contributed by atoms with van der Waals surface area (Å²) in [4.78, 5) is 13.9. The Morgan fingerprint density at radius 3 is 2.30 bits per heavy atom. The molecule has 0 aliphatic rings. The second-order valence-electron chi connectivity index (χ2n) is 6.58. The lowest BCUT2D eigenvalue weighted by atomic mass is 9.87. The van der Waals surface area contributed by atoms with E-state index in [0.29, 0.717) is 0 Å². The molecule has 1 amide bonds. The molecule has 1 aromatic carbocycles. The molecule has 0 heterocycles. The quantitative estimate of drug-likeness (QED) is 0.841. The lowest BCUT2D eigenvalue weighted by Crippen LogP contribution is -2.41. The highest BCUT2D eigenvalue weighted by Gasteiger charge is 2.21. The Balaban J connectivity index is 2.81. The maximum absolute atomic E-state index is 12.2. The molecule has 0 saturated heterocycles. The first kappa shape index (κ1) is 16.5. The van der Waals surface area contributed by atoms with Crippen LogP contribution < -0.4 is 4.74 Å². The first-order valence-electron chi connectivity index (χ1n) is 7.17. The van der Waals surface area contributed by atoms with Crippen LogP contribution in [0.3, 0.4) is 0 Å². The van der Waals surface area contributed by atoms with Crippen molar-refractivity contribution in [2.24, 2.45) is 0 Å². The lowest BCUT2D eigenvalue weighted by molar-refractivity contribution is -0.138. The van der Waals surface area contributed by atoms with Gasteiger partial charge in [-0.2, -0.15) is 0 Å². The van der Waals surface area contributed by atoms with Gasteiger partial charge < -0.3 is 9.64 Å². The van der Waals surface area contributed by atoms with Crippen LogP contribution in [0.5, 0.6) is 5.75 Å². The van der Waals surface area contributed by atoms with Crippen molar-refractivity contribution < 1.29 is 9.53 Å². The van der Waals surface area contributed by atoms with Gasteiger partial charge in [0.2, 0.25) is 0 Å². The van der Waals surface area contributed by atoms with Crippen molar-refractivity contribution in [3.05, 3.63) is 29.8 Å². The largest absolute Gasteiger partial charge is 0.481 e. The van der Waals surface area contributed by atoms with Gasteiger partial charge in [0.15, 0.2) is 6.10 Å². The van der Waals surface area contributed by atoms with Crippen molar-refractivity contribution in [3.8, 4) is 5.75 Å². The number of carbonyl (C=O) groups excluding carboxylic acids is 1. The van der Waals surface area contributed by atoms with Crippen molar-refractivity contribution in [2.75, 3.05) is 7.05 Å². The number of ether oxygens (including phenoxy) is 1. The minimum atomic E-state index is -0.474. The molecule has 0 N–H and O–H groups in total. The van der Waals surface area contributed by atoms with Gasteiger partial charge in [0.05, 0.1) is 0 Å². The topological polar surface area (TPSA) is 29.5 Å². The van der Waals surface area contributed by atoms with E-state index in [9.17, 15) is 4.79 Å². The number of carbonyl (C=O) groups is 1. The zero-order chi connectivity index (χ0) is 15.5. The van der Waals surface area contributed by atoms with E-state index in [1.165, 1.54) is 5.56 Å². The third kappa shape index (κ3) is 4.26. The normalized spacial score (nSPS) is 13.2. The molecule has 0 aliphatic heterocycles. The molecular formula is C17H27NO2. The van der Waals surface area contributed by atoms with Crippen LogP contribution in [0.15, 0.2) is 24.3 Å². The first-order valence-corrected chi connectivity index (χ1v) is 7.17. The summed E-state index contributed by atoms with van der Waals surface area (Å²) in [5.74, 6) is 0.747. The van der Waals surface area contributed by atoms with Crippen molar-refractivity contribution in [3.63, 3.8) is 0 Å². The second kappa shape index (κ2) is 6.29. The second-order valence-corrected chi connectivity index (χ2v) is 6.58. The van der Waals surface area contributed by atoms with Crippen molar-refractivity contribution in [2.45, 2.75) is 59.1 Å². The summed E-state index contributed by atoms with van der Waals surface area (Å²) >= 11 is 0. The van der Waals surface area contributed by atoms with E-state index < -0.39 is 6.10 Å². The van der Waals surface area contributed by atoms with E-state index in [1.54, 1.807) is 18.9 Å². The van der Waals surface area contributed by atoms with Crippen LogP contribution in [-0.2, 0) is 10.2 Å². The molecule has 0 fully saturated rings. The molecule has 3 nitrogen and oxygen atoms in total. The fourth-order valence-electron chi connectivity index (χ4n) is 1.83. The molecule has 0 radical (unpaired) electrons. The number of nitrogens with zero attached hydrogens (tertiary/aromatic N) is 1. The Morgan fingerprint density at radius 1 is 1.20 bits per heavy atom. The van der Waals surface area contributed by atoms with Gasteiger partial charge in [0.25, 0.3) is 5.91 Å². The molecule has 20 heavy (non-hydrogen) atoms. The number of likely N-dealkylation sites (N-methyl/N-ethyl adjacent to an activating group) is 1. The monoisotopic (exact) mass is 277 g/mol. The van der Waals surface area contributed by atoms with Crippen LogP contribution in [-0.4, -0.2) is 30.0 Å². The van der Waals surface area contributed by atoms with E-state index in [1.807, 2.05) is 32.0 Å². The third-order valence-electron chi connectivity index (χ3n) is 3.48. The smallest absolute Gasteiger partial charge is 0.263 e. The van der Waals surface area contributed by atoms with Gasteiger partial charge >= 0.3 is 0 Å². The van der Waals surface area contributed by atoms with Crippen LogP contribution in [0.1, 0.15) is 47.1 Å². The molecule has 112 valence electrons. The number of hydrogen-bond acceptors (Lipinski definition) is 2. The number of benzene rings is 1. The molecule has 3 heteroatoms. The van der Waals surface area contributed by atoms with E-state index in [-0.39, 0.29) is 17.4 Å². The number of rotatable bonds is 4. The number of hydrogen-bond donors (Lipinski definition) is 0. The average Bonchev–Trinajstić information content (AvgIpc) is 2.36. The molecule has 1 atom stereocenters. The summed E-state index contributed by atoms with van der Waals surface area (Å²) in [7, 11) is 1.80. The van der Waals surface area contributed by atoms with Crippen LogP contribution in [0.25, 0.3) is 0 Å². The summed E-state index contributed by atoms with van der Waals surface area (Å²) in [6, 6.07) is 8.14. The lowest BCUT2D eigenvalue weighted by Gasteiger charge is -2.26. The van der Waals surface area contributed by atoms with E-state index in [2.05, 4.69) is 26.8 Å². The molecule has 1 rings (SSSR count). The maximum Gasteiger partial charge on any atom is 0.263 e. The fourth-order valence-corrected chi connectivity index (χ4v) is 1.83. The van der Waals surface area contributed by atoms with Crippen molar-refractivity contribution in [1.29, 1.82) is 0 Å². The van der Waals surface area contributed by atoms with Crippen molar-refractivity contribution >= 4 is 5.91 Å². The predicted octanol–water partition coefficient (Wildman–Crippen LogP) is 3.62. The molecule has 0 aromatic heterocycles. The van der Waals surface area contributed by atoms with Crippen LogP contribution in [0, 0.1) is 0 Å². The van der Waals surface area contributed by atoms with Crippen LogP contribution >= 0.6 is 0 Å². The predicted molar refractivity (Wildman–Crippen MR) is 83.1 cm³/mol. The maximum atomic E-state index is 12.2. The third-order valence-corrected chi connectivity index (χ3v) is 3.48. The van der Waals surface area contributed by atoms with Crippen LogP contribution in [0.2, 0.25) is 0 Å².